The number of amides is 1. The fourth-order valence-electron chi connectivity index (χ4n) is 3.48. The van der Waals surface area contributed by atoms with E-state index in [2.05, 4.69) is 26.0 Å². The van der Waals surface area contributed by atoms with Gasteiger partial charge in [0.25, 0.3) is 0 Å². The van der Waals surface area contributed by atoms with Gasteiger partial charge >= 0.3 is 0 Å². The average molecular weight is 531 g/mol. The molecule has 3 rings (SSSR count). The fraction of sp³-hybridized carbons (Fsp3) is 0.240. The molecule has 0 aromatic heterocycles. The summed E-state index contributed by atoms with van der Waals surface area (Å²) in [7, 11) is -2.42. The molecule has 6 nitrogen and oxygen atoms in total. The SMILES string of the molecule is COc1ccc(S(=O)(=O)N[C@@H](Cc2ccccc2)C(=O)N[C@@H](C)c2cccc(Br)c2)cc1C. The highest BCUT2D eigenvalue weighted by molar-refractivity contribution is 9.10. The molecule has 0 fully saturated rings. The molecule has 0 saturated carbocycles. The number of sulfonamides is 1. The van der Waals surface area contributed by atoms with Crippen molar-refractivity contribution in [2.24, 2.45) is 0 Å². The van der Waals surface area contributed by atoms with Gasteiger partial charge in [-0.1, -0.05) is 58.4 Å². The number of hydrogen-bond donors (Lipinski definition) is 2. The van der Waals surface area contributed by atoms with E-state index in [1.54, 1.807) is 13.0 Å². The Balaban J connectivity index is 1.85. The second kappa shape index (κ2) is 11.0. The van der Waals surface area contributed by atoms with Crippen molar-refractivity contribution in [3.8, 4) is 5.75 Å². The summed E-state index contributed by atoms with van der Waals surface area (Å²) in [6, 6.07) is 20.2. The molecule has 33 heavy (non-hydrogen) atoms. The van der Waals surface area contributed by atoms with Crippen LogP contribution in [0, 0.1) is 6.92 Å². The number of carbonyl (C=O) groups excluding carboxylic acids is 1. The van der Waals surface area contributed by atoms with E-state index in [1.165, 1.54) is 19.2 Å². The first-order chi connectivity index (χ1) is 15.7. The first-order valence-electron chi connectivity index (χ1n) is 10.5. The maximum absolute atomic E-state index is 13.2. The lowest BCUT2D eigenvalue weighted by atomic mass is 10.0. The van der Waals surface area contributed by atoms with Gasteiger partial charge in [0.1, 0.15) is 11.8 Å². The second-order valence-corrected chi connectivity index (χ2v) is 10.4. The monoisotopic (exact) mass is 530 g/mol. The zero-order valence-electron chi connectivity index (χ0n) is 18.7. The van der Waals surface area contributed by atoms with Crippen LogP contribution in [0.3, 0.4) is 0 Å². The molecule has 0 radical (unpaired) electrons. The van der Waals surface area contributed by atoms with Gasteiger partial charge < -0.3 is 10.1 Å². The summed E-state index contributed by atoms with van der Waals surface area (Å²) >= 11 is 3.44. The summed E-state index contributed by atoms with van der Waals surface area (Å²) < 4.78 is 35.0. The van der Waals surface area contributed by atoms with Crippen molar-refractivity contribution in [1.82, 2.24) is 10.0 Å². The minimum Gasteiger partial charge on any atom is -0.496 e. The lowest BCUT2D eigenvalue weighted by Crippen LogP contribution is -2.48. The third-order valence-corrected chi connectivity index (χ3v) is 7.24. The predicted molar refractivity (Wildman–Crippen MR) is 133 cm³/mol. The van der Waals surface area contributed by atoms with Crippen LogP contribution in [0.4, 0.5) is 0 Å². The molecule has 174 valence electrons. The normalized spacial score (nSPS) is 13.2. The fourth-order valence-corrected chi connectivity index (χ4v) is 5.18. The van der Waals surface area contributed by atoms with Crippen LogP contribution >= 0.6 is 15.9 Å². The predicted octanol–water partition coefficient (Wildman–Crippen LogP) is 4.53. The highest BCUT2D eigenvalue weighted by Gasteiger charge is 2.27. The summed E-state index contributed by atoms with van der Waals surface area (Å²) in [6.07, 6.45) is 0.215. The molecular formula is C25H27BrN2O4S. The van der Waals surface area contributed by atoms with Gasteiger partial charge in [-0.15, -0.1) is 0 Å². The highest BCUT2D eigenvalue weighted by Crippen LogP contribution is 2.22. The number of benzene rings is 3. The van der Waals surface area contributed by atoms with Crippen LogP contribution in [0.5, 0.6) is 5.75 Å². The molecule has 0 heterocycles. The van der Waals surface area contributed by atoms with Gasteiger partial charge in [-0.3, -0.25) is 4.79 Å². The average Bonchev–Trinajstić information content (AvgIpc) is 2.79. The summed E-state index contributed by atoms with van der Waals surface area (Å²) in [5.74, 6) is 0.190. The Labute approximate surface area is 203 Å². The number of rotatable bonds is 9. The first-order valence-corrected chi connectivity index (χ1v) is 12.7. The van der Waals surface area contributed by atoms with E-state index in [9.17, 15) is 13.2 Å². The molecule has 0 spiro atoms. The molecule has 0 bridgehead atoms. The maximum Gasteiger partial charge on any atom is 0.241 e. The van der Waals surface area contributed by atoms with Crippen molar-refractivity contribution < 1.29 is 17.9 Å². The van der Waals surface area contributed by atoms with E-state index >= 15 is 0 Å². The molecule has 0 aliphatic carbocycles. The van der Waals surface area contributed by atoms with E-state index < -0.39 is 22.0 Å². The molecule has 2 N–H and O–H groups in total. The Bertz CT molecular complexity index is 1220. The van der Waals surface area contributed by atoms with Gasteiger partial charge in [0, 0.05) is 4.47 Å². The molecule has 0 aliphatic heterocycles. The minimum atomic E-state index is -3.95. The van der Waals surface area contributed by atoms with Crippen molar-refractivity contribution in [1.29, 1.82) is 0 Å². The van der Waals surface area contributed by atoms with Crippen LogP contribution in [0.2, 0.25) is 0 Å². The lowest BCUT2D eigenvalue weighted by molar-refractivity contribution is -0.123. The number of carbonyl (C=O) groups is 1. The Morgan fingerprint density at radius 3 is 2.39 bits per heavy atom. The molecule has 3 aromatic rings. The first kappa shape index (κ1) is 25.0. The third-order valence-electron chi connectivity index (χ3n) is 5.28. The van der Waals surface area contributed by atoms with E-state index in [0.717, 1.165) is 15.6 Å². The van der Waals surface area contributed by atoms with E-state index in [0.29, 0.717) is 11.3 Å². The summed E-state index contributed by atoms with van der Waals surface area (Å²) in [6.45, 7) is 3.63. The lowest BCUT2D eigenvalue weighted by Gasteiger charge is -2.22. The molecule has 8 heteroatoms. The van der Waals surface area contributed by atoms with Crippen molar-refractivity contribution in [2.75, 3.05) is 7.11 Å². The number of halogens is 1. The van der Waals surface area contributed by atoms with E-state index in [1.807, 2.05) is 61.5 Å². The number of nitrogens with one attached hydrogen (secondary N) is 2. The van der Waals surface area contributed by atoms with Gasteiger partial charge in [0.2, 0.25) is 15.9 Å². The van der Waals surface area contributed by atoms with Crippen molar-refractivity contribution in [2.45, 2.75) is 37.2 Å². The van der Waals surface area contributed by atoms with Crippen LogP contribution in [-0.4, -0.2) is 27.5 Å². The molecule has 0 saturated heterocycles. The molecule has 2 atom stereocenters. The maximum atomic E-state index is 13.2. The number of hydrogen-bond acceptors (Lipinski definition) is 4. The van der Waals surface area contributed by atoms with Crippen LogP contribution < -0.4 is 14.8 Å². The molecule has 3 aromatic carbocycles. The Morgan fingerprint density at radius 2 is 1.76 bits per heavy atom. The largest absolute Gasteiger partial charge is 0.496 e. The standard InChI is InChI=1S/C25H27BrN2O4S/c1-17-14-22(12-13-24(17)32-3)33(30,31)28-23(15-19-8-5-4-6-9-19)25(29)27-18(2)20-10-7-11-21(26)16-20/h4-14,16,18,23,28H,15H2,1-3H3,(H,27,29)/t18-,23-/m0/s1. The Kier molecular flexibility index (Phi) is 8.29. The summed E-state index contributed by atoms with van der Waals surface area (Å²) in [5, 5.41) is 2.94. The Morgan fingerprint density at radius 1 is 1.03 bits per heavy atom. The molecular weight excluding hydrogens is 504 g/mol. The number of ether oxygens (including phenoxy) is 1. The number of aryl methyl sites for hydroxylation is 1. The quantitative estimate of drug-likeness (QED) is 0.425. The minimum absolute atomic E-state index is 0.0756. The van der Waals surface area contributed by atoms with Gasteiger partial charge in [-0.25, -0.2) is 8.42 Å². The Hall–Kier alpha value is -2.68. The van der Waals surface area contributed by atoms with Crippen LogP contribution in [0.15, 0.2) is 82.2 Å². The van der Waals surface area contributed by atoms with Crippen LogP contribution in [0.25, 0.3) is 0 Å². The van der Waals surface area contributed by atoms with Gasteiger partial charge in [0.05, 0.1) is 18.0 Å². The van der Waals surface area contributed by atoms with Gasteiger partial charge in [-0.2, -0.15) is 4.72 Å². The van der Waals surface area contributed by atoms with Crippen molar-refractivity contribution in [3.05, 3.63) is 94.0 Å². The summed E-state index contributed by atoms with van der Waals surface area (Å²) in [4.78, 5) is 13.3. The van der Waals surface area contributed by atoms with Gasteiger partial charge in [0.15, 0.2) is 0 Å². The van der Waals surface area contributed by atoms with E-state index in [-0.39, 0.29) is 17.4 Å². The smallest absolute Gasteiger partial charge is 0.241 e. The molecule has 0 unspecified atom stereocenters. The van der Waals surface area contributed by atoms with E-state index in [4.69, 9.17) is 4.74 Å². The highest BCUT2D eigenvalue weighted by atomic mass is 79.9. The second-order valence-electron chi connectivity index (χ2n) is 7.78. The molecule has 0 aliphatic rings. The van der Waals surface area contributed by atoms with Crippen LogP contribution in [-0.2, 0) is 21.2 Å². The zero-order chi connectivity index (χ0) is 24.0. The molecule has 1 amide bonds. The van der Waals surface area contributed by atoms with Crippen LogP contribution in [0.1, 0.15) is 29.7 Å². The summed E-state index contributed by atoms with van der Waals surface area (Å²) in [5.41, 5.74) is 2.44. The third kappa shape index (κ3) is 6.66. The van der Waals surface area contributed by atoms with Crippen molar-refractivity contribution in [3.63, 3.8) is 0 Å². The van der Waals surface area contributed by atoms with Crippen molar-refractivity contribution >= 4 is 31.9 Å². The zero-order valence-corrected chi connectivity index (χ0v) is 21.1. The topological polar surface area (TPSA) is 84.5 Å². The number of methoxy groups -OCH3 is 1. The van der Waals surface area contributed by atoms with Gasteiger partial charge in [-0.05, 0) is 67.3 Å².